The van der Waals surface area contributed by atoms with Gasteiger partial charge >= 0.3 is 0 Å². The number of hydrogen-bond donors (Lipinski definition) is 1. The van der Waals surface area contributed by atoms with Crippen molar-refractivity contribution < 1.29 is 18.0 Å². The summed E-state index contributed by atoms with van der Waals surface area (Å²) in [6.45, 7) is 3.45. The molecule has 31 heavy (non-hydrogen) atoms. The third-order valence-corrected chi connectivity index (χ3v) is 7.74. The first-order valence-electron chi connectivity index (χ1n) is 10.9. The summed E-state index contributed by atoms with van der Waals surface area (Å²) in [7, 11) is -3.71. The highest BCUT2D eigenvalue weighted by Crippen LogP contribution is 2.31. The van der Waals surface area contributed by atoms with Crippen molar-refractivity contribution >= 4 is 27.7 Å². The largest absolute Gasteiger partial charge is 0.352 e. The zero-order chi connectivity index (χ0) is 21.6. The second kappa shape index (κ2) is 7.90. The molecule has 3 heterocycles. The molecule has 1 aliphatic carbocycles. The maximum atomic E-state index is 13.3. The molecule has 2 saturated heterocycles. The minimum atomic E-state index is -3.71. The summed E-state index contributed by atoms with van der Waals surface area (Å²) in [6, 6.07) is 6.75. The van der Waals surface area contributed by atoms with Crippen LogP contribution in [0.25, 0.3) is 0 Å². The Morgan fingerprint density at radius 2 is 1.77 bits per heavy atom. The predicted molar refractivity (Wildman–Crippen MR) is 114 cm³/mol. The first kappa shape index (κ1) is 20.4. The monoisotopic (exact) mass is 445 g/mol. The number of sulfonamides is 1. The fourth-order valence-corrected chi connectivity index (χ4v) is 5.83. The second-order valence-corrected chi connectivity index (χ2v) is 10.3. The number of carbonyl (C=O) groups excluding carboxylic acids is 2. The fraction of sp³-hybridized carbons (Fsp3) is 0.571. The minimum Gasteiger partial charge on any atom is -0.352 e. The highest BCUT2D eigenvalue weighted by atomic mass is 32.2. The number of carbonyl (C=O) groups is 2. The molecule has 2 amide bonds. The molecule has 9 nitrogen and oxygen atoms in total. The Morgan fingerprint density at radius 1 is 1.03 bits per heavy atom. The summed E-state index contributed by atoms with van der Waals surface area (Å²) in [5, 5.41) is 3.00. The van der Waals surface area contributed by atoms with Gasteiger partial charge in [-0.2, -0.15) is 8.42 Å². The normalized spacial score (nSPS) is 25.3. The van der Waals surface area contributed by atoms with Crippen molar-refractivity contribution in [3.63, 3.8) is 0 Å². The summed E-state index contributed by atoms with van der Waals surface area (Å²) >= 11 is 0. The lowest BCUT2D eigenvalue weighted by Gasteiger charge is -2.37. The molecule has 3 fully saturated rings. The van der Waals surface area contributed by atoms with Gasteiger partial charge in [0.2, 0.25) is 11.8 Å². The van der Waals surface area contributed by atoms with Gasteiger partial charge in [-0.25, -0.2) is 0 Å². The number of nitrogens with zero attached hydrogens (tertiary/aromatic N) is 4. The molecule has 0 spiro atoms. The van der Waals surface area contributed by atoms with Gasteiger partial charge in [-0.15, -0.1) is 4.40 Å². The van der Waals surface area contributed by atoms with Crippen molar-refractivity contribution in [1.82, 2.24) is 20.0 Å². The van der Waals surface area contributed by atoms with Crippen LogP contribution in [0.1, 0.15) is 31.2 Å². The van der Waals surface area contributed by atoms with Crippen molar-refractivity contribution in [2.24, 2.45) is 4.40 Å². The van der Waals surface area contributed by atoms with Gasteiger partial charge in [0, 0.05) is 44.3 Å². The number of amides is 2. The Balaban J connectivity index is 1.23. The number of hydrogen-bond acceptors (Lipinski definition) is 6. The lowest BCUT2D eigenvalue weighted by atomic mass is 10.1. The molecule has 1 atom stereocenters. The number of likely N-dealkylation sites (tertiary alicyclic amines) is 1. The summed E-state index contributed by atoms with van der Waals surface area (Å²) in [5.41, 5.74) is 0.577. The van der Waals surface area contributed by atoms with E-state index in [1.807, 2.05) is 9.80 Å². The molecule has 5 rings (SSSR count). The van der Waals surface area contributed by atoms with E-state index in [2.05, 4.69) is 14.6 Å². The molecule has 0 unspecified atom stereocenters. The number of piperazine rings is 1. The maximum absolute atomic E-state index is 13.3. The van der Waals surface area contributed by atoms with E-state index in [9.17, 15) is 18.0 Å². The highest BCUT2D eigenvalue weighted by Gasteiger charge is 2.41. The van der Waals surface area contributed by atoms with Gasteiger partial charge in [-0.3, -0.25) is 14.5 Å². The van der Waals surface area contributed by atoms with Gasteiger partial charge in [0.15, 0.2) is 5.84 Å². The van der Waals surface area contributed by atoms with Gasteiger partial charge in [-0.1, -0.05) is 12.1 Å². The average Bonchev–Trinajstić information content (AvgIpc) is 3.35. The molecule has 1 saturated carbocycles. The third-order valence-electron chi connectivity index (χ3n) is 6.42. The first-order valence-corrected chi connectivity index (χ1v) is 12.4. The van der Waals surface area contributed by atoms with Crippen LogP contribution in [0.15, 0.2) is 33.6 Å². The van der Waals surface area contributed by atoms with E-state index >= 15 is 0 Å². The van der Waals surface area contributed by atoms with Gasteiger partial charge in [0.05, 0.1) is 6.54 Å². The van der Waals surface area contributed by atoms with E-state index in [1.54, 1.807) is 24.3 Å². The summed E-state index contributed by atoms with van der Waals surface area (Å²) in [4.78, 5) is 31.3. The van der Waals surface area contributed by atoms with Crippen LogP contribution in [0, 0.1) is 0 Å². The summed E-state index contributed by atoms with van der Waals surface area (Å²) in [5.74, 6) is 0.467. The Morgan fingerprint density at radius 3 is 2.52 bits per heavy atom. The average molecular weight is 446 g/mol. The highest BCUT2D eigenvalue weighted by molar-refractivity contribution is 7.90. The predicted octanol–water partition coefficient (Wildman–Crippen LogP) is 0.0227. The Hall–Kier alpha value is -2.46. The van der Waals surface area contributed by atoms with Crippen LogP contribution in [0.2, 0.25) is 0 Å². The van der Waals surface area contributed by atoms with Gasteiger partial charge in [0.25, 0.3) is 10.0 Å². The molecular weight excluding hydrogens is 418 g/mol. The van der Waals surface area contributed by atoms with Crippen LogP contribution in [0.5, 0.6) is 0 Å². The molecule has 4 aliphatic rings. The molecule has 0 bridgehead atoms. The van der Waals surface area contributed by atoms with Crippen molar-refractivity contribution in [3.8, 4) is 0 Å². The van der Waals surface area contributed by atoms with Crippen molar-refractivity contribution in [3.05, 3.63) is 29.8 Å². The van der Waals surface area contributed by atoms with Crippen LogP contribution >= 0.6 is 0 Å². The number of fused-ring (bicyclic) bond motifs is 1. The lowest BCUT2D eigenvalue weighted by Crippen LogP contribution is -2.55. The van der Waals surface area contributed by atoms with Crippen LogP contribution in [-0.2, 0) is 19.6 Å². The standard InChI is InChI=1S/C21H27N5O4S/c27-19(22-15-7-8-15)14-24-10-12-25(13-11-24)21(28)17-5-3-9-26(17)20-16-4-1-2-6-18(16)31(29,30)23-20/h1-2,4,6,15,17H,3,5,7-14H2,(H,22,27)/t17-/m0/s1. The molecule has 166 valence electrons. The SMILES string of the molecule is O=C(CN1CCN(C(=O)[C@@H]2CCCN2C2=NS(=O)(=O)c3ccccc32)CC1)NC1CC1. The van der Waals surface area contributed by atoms with Crippen LogP contribution in [0.3, 0.4) is 0 Å². The van der Waals surface area contributed by atoms with E-state index in [0.717, 1.165) is 19.3 Å². The van der Waals surface area contributed by atoms with E-state index in [4.69, 9.17) is 0 Å². The quantitative estimate of drug-likeness (QED) is 0.701. The van der Waals surface area contributed by atoms with Crippen molar-refractivity contribution in [2.75, 3.05) is 39.3 Å². The number of amidine groups is 1. The molecule has 1 aromatic rings. The molecule has 0 aromatic heterocycles. The van der Waals surface area contributed by atoms with Crippen LogP contribution in [-0.4, -0.2) is 92.1 Å². The van der Waals surface area contributed by atoms with Crippen molar-refractivity contribution in [1.29, 1.82) is 0 Å². The first-order chi connectivity index (χ1) is 14.9. The third kappa shape index (κ3) is 4.06. The number of benzene rings is 1. The molecule has 3 aliphatic heterocycles. The summed E-state index contributed by atoms with van der Waals surface area (Å²) < 4.78 is 28.9. The van der Waals surface area contributed by atoms with E-state index < -0.39 is 16.1 Å². The Kier molecular flexibility index (Phi) is 5.21. The van der Waals surface area contributed by atoms with Crippen LogP contribution < -0.4 is 5.32 Å². The maximum Gasteiger partial charge on any atom is 0.285 e. The van der Waals surface area contributed by atoms with Gasteiger partial charge in [0.1, 0.15) is 10.9 Å². The van der Waals surface area contributed by atoms with Gasteiger partial charge < -0.3 is 15.1 Å². The number of nitrogens with one attached hydrogen (secondary N) is 1. The second-order valence-electron chi connectivity index (χ2n) is 8.68. The Labute approximate surface area is 182 Å². The van der Waals surface area contributed by atoms with E-state index in [1.165, 1.54) is 0 Å². The lowest BCUT2D eigenvalue weighted by molar-refractivity contribution is -0.136. The Bertz CT molecular complexity index is 1030. The topological polar surface area (TPSA) is 102 Å². The van der Waals surface area contributed by atoms with E-state index in [0.29, 0.717) is 63.1 Å². The molecule has 1 aromatic carbocycles. The minimum absolute atomic E-state index is 0.0176. The zero-order valence-corrected chi connectivity index (χ0v) is 18.2. The smallest absolute Gasteiger partial charge is 0.285 e. The fourth-order valence-electron chi connectivity index (χ4n) is 4.61. The molecule has 1 N–H and O–H groups in total. The van der Waals surface area contributed by atoms with E-state index in [-0.39, 0.29) is 16.7 Å². The van der Waals surface area contributed by atoms with Crippen LogP contribution in [0.4, 0.5) is 0 Å². The van der Waals surface area contributed by atoms with Crippen molar-refractivity contribution in [2.45, 2.75) is 42.7 Å². The summed E-state index contributed by atoms with van der Waals surface area (Å²) in [6.07, 6.45) is 3.65. The molecular formula is C21H27N5O4S. The molecule has 0 radical (unpaired) electrons. The van der Waals surface area contributed by atoms with Gasteiger partial charge in [-0.05, 0) is 37.8 Å². The number of rotatable bonds is 4. The molecule has 10 heteroatoms. The zero-order valence-electron chi connectivity index (χ0n) is 17.4.